The molecular weight excluding hydrogens is 276 g/mol. The molecule has 2 amide bonds. The highest BCUT2D eigenvalue weighted by Crippen LogP contribution is 2.23. The van der Waals surface area contributed by atoms with Gasteiger partial charge in [-0.05, 0) is 50.3 Å². The molecule has 1 atom stereocenters. The van der Waals surface area contributed by atoms with Crippen LogP contribution in [0.1, 0.15) is 25.3 Å². The number of aryl methyl sites for hydroxylation is 1. The third-order valence-electron chi connectivity index (χ3n) is 3.93. The Kier molecular flexibility index (Phi) is 4.89. The Bertz CT molecular complexity index is 483. The molecule has 1 aliphatic heterocycles. The first-order valence-corrected chi connectivity index (χ1v) is 7.35. The maximum Gasteiger partial charge on any atom is 0.321 e. The smallest absolute Gasteiger partial charge is 0.321 e. The van der Waals surface area contributed by atoms with Crippen LogP contribution in [0, 0.1) is 12.8 Å². The van der Waals surface area contributed by atoms with Crippen LogP contribution in [0.15, 0.2) is 18.2 Å². The SMILES string of the molecule is Cc1ccc(NC(=O)N2CCC(C(C)O)CC2)cc1Cl. The average molecular weight is 297 g/mol. The van der Waals surface area contributed by atoms with Crippen molar-refractivity contribution in [3.63, 3.8) is 0 Å². The zero-order valence-corrected chi connectivity index (χ0v) is 12.7. The minimum atomic E-state index is -0.295. The first-order chi connectivity index (χ1) is 9.47. The maximum atomic E-state index is 12.1. The van der Waals surface area contributed by atoms with E-state index in [-0.39, 0.29) is 12.1 Å². The lowest BCUT2D eigenvalue weighted by Crippen LogP contribution is -2.42. The van der Waals surface area contributed by atoms with E-state index in [1.54, 1.807) is 11.0 Å². The van der Waals surface area contributed by atoms with Gasteiger partial charge in [-0.3, -0.25) is 0 Å². The Balaban J connectivity index is 1.91. The van der Waals surface area contributed by atoms with E-state index in [0.717, 1.165) is 18.4 Å². The molecule has 1 unspecified atom stereocenters. The van der Waals surface area contributed by atoms with E-state index in [1.807, 2.05) is 26.0 Å². The topological polar surface area (TPSA) is 52.6 Å². The monoisotopic (exact) mass is 296 g/mol. The van der Waals surface area contributed by atoms with Gasteiger partial charge in [-0.15, -0.1) is 0 Å². The number of anilines is 1. The van der Waals surface area contributed by atoms with Crippen LogP contribution in [0.4, 0.5) is 10.5 Å². The number of rotatable bonds is 2. The van der Waals surface area contributed by atoms with Gasteiger partial charge in [0.2, 0.25) is 0 Å². The summed E-state index contributed by atoms with van der Waals surface area (Å²) in [7, 11) is 0. The zero-order chi connectivity index (χ0) is 14.7. The zero-order valence-electron chi connectivity index (χ0n) is 11.9. The van der Waals surface area contributed by atoms with Crippen molar-refractivity contribution in [3.05, 3.63) is 28.8 Å². The van der Waals surface area contributed by atoms with Crippen LogP contribution in [0.2, 0.25) is 5.02 Å². The molecular formula is C15H21ClN2O2. The van der Waals surface area contributed by atoms with Gasteiger partial charge in [-0.2, -0.15) is 0 Å². The number of amides is 2. The Morgan fingerprint density at radius 1 is 1.45 bits per heavy atom. The van der Waals surface area contributed by atoms with Gasteiger partial charge in [0.15, 0.2) is 0 Å². The second kappa shape index (κ2) is 6.46. The number of likely N-dealkylation sites (tertiary alicyclic amines) is 1. The van der Waals surface area contributed by atoms with Gasteiger partial charge in [0.25, 0.3) is 0 Å². The Hall–Kier alpha value is -1.26. The molecule has 0 aromatic heterocycles. The summed E-state index contributed by atoms with van der Waals surface area (Å²) in [5, 5.41) is 13.1. The van der Waals surface area contributed by atoms with E-state index >= 15 is 0 Å². The maximum absolute atomic E-state index is 12.1. The number of carbonyl (C=O) groups excluding carboxylic acids is 1. The Labute approximate surface area is 124 Å². The van der Waals surface area contributed by atoms with Gasteiger partial charge in [0.1, 0.15) is 0 Å². The quantitative estimate of drug-likeness (QED) is 0.880. The van der Waals surface area contributed by atoms with E-state index in [9.17, 15) is 9.90 Å². The van der Waals surface area contributed by atoms with E-state index in [4.69, 9.17) is 11.6 Å². The molecule has 0 spiro atoms. The molecule has 0 aliphatic carbocycles. The first-order valence-electron chi connectivity index (χ1n) is 6.97. The second-order valence-electron chi connectivity index (χ2n) is 5.46. The largest absolute Gasteiger partial charge is 0.393 e. The summed E-state index contributed by atoms with van der Waals surface area (Å²) >= 11 is 6.04. The molecule has 1 saturated heterocycles. The number of benzene rings is 1. The standard InChI is InChI=1S/C15H21ClN2O2/c1-10-3-4-13(9-14(10)16)17-15(20)18-7-5-12(6-8-18)11(2)19/h3-4,9,11-12,19H,5-8H2,1-2H3,(H,17,20). The van der Waals surface area contributed by atoms with E-state index < -0.39 is 0 Å². The van der Waals surface area contributed by atoms with E-state index in [0.29, 0.717) is 29.7 Å². The molecule has 1 fully saturated rings. The number of nitrogens with one attached hydrogen (secondary N) is 1. The summed E-state index contributed by atoms with van der Waals surface area (Å²) in [6.45, 7) is 5.10. The number of carbonyl (C=O) groups is 1. The average Bonchev–Trinajstić information content (AvgIpc) is 2.43. The molecule has 1 heterocycles. The van der Waals surface area contributed by atoms with Gasteiger partial charge < -0.3 is 15.3 Å². The predicted molar refractivity (Wildman–Crippen MR) is 81.2 cm³/mol. The lowest BCUT2D eigenvalue weighted by atomic mass is 9.92. The van der Waals surface area contributed by atoms with Crippen molar-refractivity contribution in [1.29, 1.82) is 0 Å². The molecule has 0 radical (unpaired) electrons. The molecule has 4 nitrogen and oxygen atoms in total. The van der Waals surface area contributed by atoms with E-state index in [2.05, 4.69) is 5.32 Å². The molecule has 1 aromatic rings. The van der Waals surface area contributed by atoms with Crippen molar-refractivity contribution in [2.24, 2.45) is 5.92 Å². The number of aliphatic hydroxyl groups is 1. The summed E-state index contributed by atoms with van der Waals surface area (Å²) in [6, 6.07) is 5.39. The fourth-order valence-electron chi connectivity index (χ4n) is 2.46. The number of nitrogens with zero attached hydrogens (tertiary/aromatic N) is 1. The molecule has 0 bridgehead atoms. The summed E-state index contributed by atoms with van der Waals surface area (Å²) in [5.41, 5.74) is 1.70. The molecule has 20 heavy (non-hydrogen) atoms. The molecule has 5 heteroatoms. The third-order valence-corrected chi connectivity index (χ3v) is 4.34. The van der Waals surface area contributed by atoms with Crippen molar-refractivity contribution >= 4 is 23.3 Å². The van der Waals surface area contributed by atoms with Gasteiger partial charge in [-0.1, -0.05) is 17.7 Å². The Morgan fingerprint density at radius 2 is 2.10 bits per heavy atom. The summed E-state index contributed by atoms with van der Waals surface area (Å²) < 4.78 is 0. The van der Waals surface area contributed by atoms with Gasteiger partial charge >= 0.3 is 6.03 Å². The second-order valence-corrected chi connectivity index (χ2v) is 5.87. The van der Waals surface area contributed by atoms with Crippen molar-refractivity contribution in [1.82, 2.24) is 4.90 Å². The Morgan fingerprint density at radius 3 is 2.65 bits per heavy atom. The molecule has 110 valence electrons. The van der Waals surface area contributed by atoms with Gasteiger partial charge in [0, 0.05) is 23.8 Å². The van der Waals surface area contributed by atoms with Crippen molar-refractivity contribution in [2.75, 3.05) is 18.4 Å². The number of aliphatic hydroxyl groups excluding tert-OH is 1. The normalized spacial score (nSPS) is 17.9. The van der Waals surface area contributed by atoms with Gasteiger partial charge in [-0.25, -0.2) is 4.79 Å². The predicted octanol–water partition coefficient (Wildman–Crippen LogP) is 3.27. The van der Waals surface area contributed by atoms with Crippen LogP contribution in [0.3, 0.4) is 0 Å². The third kappa shape index (κ3) is 3.64. The number of hydrogen-bond donors (Lipinski definition) is 2. The molecule has 1 aliphatic rings. The highest BCUT2D eigenvalue weighted by molar-refractivity contribution is 6.31. The fraction of sp³-hybridized carbons (Fsp3) is 0.533. The highest BCUT2D eigenvalue weighted by atomic mass is 35.5. The summed E-state index contributed by atoms with van der Waals surface area (Å²) in [6.07, 6.45) is 1.40. The van der Waals surface area contributed by atoms with Crippen molar-refractivity contribution in [3.8, 4) is 0 Å². The molecule has 1 aromatic carbocycles. The number of urea groups is 1. The van der Waals surface area contributed by atoms with Crippen LogP contribution in [-0.4, -0.2) is 35.2 Å². The van der Waals surface area contributed by atoms with Crippen molar-refractivity contribution in [2.45, 2.75) is 32.8 Å². The van der Waals surface area contributed by atoms with Crippen LogP contribution in [0.5, 0.6) is 0 Å². The lowest BCUT2D eigenvalue weighted by molar-refractivity contribution is 0.0820. The van der Waals surface area contributed by atoms with Crippen LogP contribution in [0.25, 0.3) is 0 Å². The summed E-state index contributed by atoms with van der Waals surface area (Å²) in [4.78, 5) is 13.9. The number of hydrogen-bond acceptors (Lipinski definition) is 2. The molecule has 2 N–H and O–H groups in total. The minimum absolute atomic E-state index is 0.103. The van der Waals surface area contributed by atoms with Crippen LogP contribution < -0.4 is 5.32 Å². The van der Waals surface area contributed by atoms with Crippen LogP contribution in [-0.2, 0) is 0 Å². The lowest BCUT2D eigenvalue weighted by Gasteiger charge is -2.33. The number of piperidine rings is 1. The number of halogens is 1. The summed E-state index contributed by atoms with van der Waals surface area (Å²) in [5.74, 6) is 0.299. The van der Waals surface area contributed by atoms with Gasteiger partial charge in [0.05, 0.1) is 6.10 Å². The molecule has 0 saturated carbocycles. The van der Waals surface area contributed by atoms with Crippen molar-refractivity contribution < 1.29 is 9.90 Å². The fourth-order valence-corrected chi connectivity index (χ4v) is 2.64. The highest BCUT2D eigenvalue weighted by Gasteiger charge is 2.25. The van der Waals surface area contributed by atoms with Crippen LogP contribution >= 0.6 is 11.6 Å². The molecule has 2 rings (SSSR count). The van der Waals surface area contributed by atoms with E-state index in [1.165, 1.54) is 0 Å². The minimum Gasteiger partial charge on any atom is -0.393 e. The first kappa shape index (κ1) is 15.1.